The molecule has 1 aromatic rings. The number of amides is 1. The van der Waals surface area contributed by atoms with Crippen molar-refractivity contribution in [1.29, 1.82) is 0 Å². The topological polar surface area (TPSA) is 29.5 Å². The Morgan fingerprint density at radius 1 is 1.35 bits per heavy atom. The third-order valence-electron chi connectivity index (χ3n) is 4.25. The van der Waals surface area contributed by atoms with Crippen LogP contribution in [0.1, 0.15) is 25.0 Å². The average Bonchev–Trinajstić information content (AvgIpc) is 2.99. The number of carbonyl (C=O) groups is 1. The molecule has 0 spiro atoms. The molecule has 0 bridgehead atoms. The first kappa shape index (κ1) is 14.2. The molecule has 108 valence electrons. The minimum atomic E-state index is -0.912. The number of hydrogen-bond donors (Lipinski definition) is 0. The quantitative estimate of drug-likeness (QED) is 0.785. The molecule has 2 atom stereocenters. The highest BCUT2D eigenvalue weighted by atomic mass is 35.5. The van der Waals surface area contributed by atoms with E-state index in [2.05, 4.69) is 0 Å². The molecule has 0 radical (unpaired) electrons. The fourth-order valence-corrected chi connectivity index (χ4v) is 3.38. The van der Waals surface area contributed by atoms with Crippen molar-refractivity contribution in [3.05, 3.63) is 35.9 Å². The van der Waals surface area contributed by atoms with E-state index in [1.165, 1.54) is 0 Å². The Kier molecular flexibility index (Phi) is 3.47. The molecule has 1 saturated heterocycles. The van der Waals surface area contributed by atoms with E-state index in [9.17, 15) is 4.79 Å². The number of ether oxygens (including phenoxy) is 1. The number of carbonyl (C=O) groups excluding carboxylic acids is 1. The van der Waals surface area contributed by atoms with Gasteiger partial charge in [-0.3, -0.25) is 4.79 Å². The Labute approximate surface area is 128 Å². The number of rotatable bonds is 2. The molecule has 1 aromatic carbocycles. The molecule has 0 N–H and O–H groups in total. The first-order valence-electron chi connectivity index (χ1n) is 6.78. The highest BCUT2D eigenvalue weighted by molar-refractivity contribution is 6.53. The van der Waals surface area contributed by atoms with E-state index in [-0.39, 0.29) is 12.0 Å². The highest BCUT2D eigenvalue weighted by Gasteiger charge is 2.68. The van der Waals surface area contributed by atoms with Gasteiger partial charge < -0.3 is 9.64 Å². The summed E-state index contributed by atoms with van der Waals surface area (Å²) in [6.07, 6.45) is 0.450. The van der Waals surface area contributed by atoms with E-state index < -0.39 is 9.75 Å². The SMILES string of the molecule is C[C@@]1(C(=O)N2CCO[C@H](c3ccccc3)C2)CC1(Cl)Cl. The Morgan fingerprint density at radius 3 is 2.60 bits per heavy atom. The summed E-state index contributed by atoms with van der Waals surface area (Å²) in [5, 5.41) is 0. The van der Waals surface area contributed by atoms with Gasteiger partial charge in [-0.1, -0.05) is 30.3 Å². The summed E-state index contributed by atoms with van der Waals surface area (Å²) >= 11 is 12.2. The largest absolute Gasteiger partial charge is 0.370 e. The standard InChI is InChI=1S/C15H17Cl2NO2/c1-14(10-15(14,16)17)13(19)18-7-8-20-12(9-18)11-5-3-2-4-6-11/h2-6,12H,7-10H2,1H3/t12-,14-/m0/s1. The van der Waals surface area contributed by atoms with Crippen LogP contribution in [-0.2, 0) is 9.53 Å². The Hall–Kier alpha value is -0.770. The van der Waals surface area contributed by atoms with E-state index in [0.29, 0.717) is 26.1 Å². The Balaban J connectivity index is 1.72. The van der Waals surface area contributed by atoms with Crippen LogP contribution >= 0.6 is 23.2 Å². The van der Waals surface area contributed by atoms with Crippen LogP contribution in [0.2, 0.25) is 0 Å². The molecular weight excluding hydrogens is 297 g/mol. The zero-order valence-corrected chi connectivity index (χ0v) is 12.8. The summed E-state index contributed by atoms with van der Waals surface area (Å²) in [5.74, 6) is 0.0340. The molecule has 3 rings (SSSR count). The van der Waals surface area contributed by atoms with Gasteiger partial charge in [0.25, 0.3) is 0 Å². The lowest BCUT2D eigenvalue weighted by atomic mass is 10.0. The minimum Gasteiger partial charge on any atom is -0.370 e. The second kappa shape index (κ2) is 4.90. The van der Waals surface area contributed by atoms with Gasteiger partial charge in [0.15, 0.2) is 0 Å². The van der Waals surface area contributed by atoms with Gasteiger partial charge in [0.1, 0.15) is 10.4 Å². The molecule has 0 unspecified atom stereocenters. The van der Waals surface area contributed by atoms with Crippen molar-refractivity contribution in [2.45, 2.75) is 23.8 Å². The van der Waals surface area contributed by atoms with Gasteiger partial charge in [-0.15, -0.1) is 23.2 Å². The van der Waals surface area contributed by atoms with Gasteiger partial charge in [0.2, 0.25) is 5.91 Å². The van der Waals surface area contributed by atoms with Crippen molar-refractivity contribution in [3.8, 4) is 0 Å². The van der Waals surface area contributed by atoms with E-state index in [4.69, 9.17) is 27.9 Å². The van der Waals surface area contributed by atoms with Crippen LogP contribution in [0.5, 0.6) is 0 Å². The molecule has 2 fully saturated rings. The molecule has 3 nitrogen and oxygen atoms in total. The van der Waals surface area contributed by atoms with Crippen molar-refractivity contribution in [1.82, 2.24) is 4.90 Å². The first-order valence-corrected chi connectivity index (χ1v) is 7.53. The Morgan fingerprint density at radius 2 is 2.00 bits per heavy atom. The van der Waals surface area contributed by atoms with Crippen LogP contribution in [0.3, 0.4) is 0 Å². The summed E-state index contributed by atoms with van der Waals surface area (Å²) in [7, 11) is 0. The van der Waals surface area contributed by atoms with Crippen LogP contribution in [0.4, 0.5) is 0 Å². The summed E-state index contributed by atoms with van der Waals surface area (Å²) < 4.78 is 4.86. The second-order valence-electron chi connectivity index (χ2n) is 5.73. The predicted octanol–water partition coefficient (Wildman–Crippen LogP) is 3.17. The van der Waals surface area contributed by atoms with E-state index in [1.807, 2.05) is 42.2 Å². The monoisotopic (exact) mass is 313 g/mol. The lowest BCUT2D eigenvalue weighted by molar-refractivity contribution is -0.144. The van der Waals surface area contributed by atoms with Crippen molar-refractivity contribution in [2.75, 3.05) is 19.7 Å². The average molecular weight is 314 g/mol. The van der Waals surface area contributed by atoms with Crippen LogP contribution in [0.15, 0.2) is 30.3 Å². The van der Waals surface area contributed by atoms with E-state index in [1.54, 1.807) is 0 Å². The van der Waals surface area contributed by atoms with Crippen LogP contribution in [0.25, 0.3) is 0 Å². The summed E-state index contributed by atoms with van der Waals surface area (Å²) in [5.41, 5.74) is 0.447. The molecule has 1 aliphatic carbocycles. The maximum Gasteiger partial charge on any atom is 0.231 e. The lowest BCUT2D eigenvalue weighted by Gasteiger charge is -2.35. The number of nitrogens with zero attached hydrogens (tertiary/aromatic N) is 1. The summed E-state index contributed by atoms with van der Waals surface area (Å²) in [4.78, 5) is 14.4. The van der Waals surface area contributed by atoms with E-state index in [0.717, 1.165) is 5.56 Å². The molecule has 1 heterocycles. The smallest absolute Gasteiger partial charge is 0.231 e. The molecule has 2 aliphatic rings. The molecule has 1 aliphatic heterocycles. The Bertz CT molecular complexity index is 520. The van der Waals surface area contributed by atoms with Crippen molar-refractivity contribution in [2.24, 2.45) is 5.41 Å². The molecule has 5 heteroatoms. The predicted molar refractivity (Wildman–Crippen MR) is 78.9 cm³/mol. The molecule has 1 amide bonds. The molecule has 1 saturated carbocycles. The number of benzene rings is 1. The number of alkyl halides is 2. The van der Waals surface area contributed by atoms with Crippen LogP contribution < -0.4 is 0 Å². The summed E-state index contributed by atoms with van der Waals surface area (Å²) in [6.45, 7) is 3.53. The number of halogens is 2. The van der Waals surface area contributed by atoms with Gasteiger partial charge in [0.05, 0.1) is 18.6 Å². The van der Waals surface area contributed by atoms with Crippen molar-refractivity contribution < 1.29 is 9.53 Å². The summed E-state index contributed by atoms with van der Waals surface area (Å²) in [6, 6.07) is 9.96. The second-order valence-corrected chi connectivity index (χ2v) is 7.22. The lowest BCUT2D eigenvalue weighted by Crippen LogP contribution is -2.46. The van der Waals surface area contributed by atoms with Crippen molar-refractivity contribution >= 4 is 29.1 Å². The van der Waals surface area contributed by atoms with E-state index >= 15 is 0 Å². The van der Waals surface area contributed by atoms with Crippen molar-refractivity contribution in [3.63, 3.8) is 0 Å². The maximum atomic E-state index is 12.6. The molecular formula is C15H17Cl2NO2. The van der Waals surface area contributed by atoms with Crippen LogP contribution in [0, 0.1) is 5.41 Å². The van der Waals surface area contributed by atoms with Gasteiger partial charge in [0, 0.05) is 6.54 Å². The molecule has 0 aromatic heterocycles. The van der Waals surface area contributed by atoms with Gasteiger partial charge in [-0.05, 0) is 18.9 Å². The fraction of sp³-hybridized carbons (Fsp3) is 0.533. The number of morpholine rings is 1. The highest BCUT2D eigenvalue weighted by Crippen LogP contribution is 2.64. The molecule has 20 heavy (non-hydrogen) atoms. The van der Waals surface area contributed by atoms with Gasteiger partial charge >= 0.3 is 0 Å². The normalized spacial score (nSPS) is 31.9. The van der Waals surface area contributed by atoms with Crippen LogP contribution in [-0.4, -0.2) is 34.8 Å². The maximum absolute atomic E-state index is 12.6. The zero-order chi connectivity index (χ0) is 14.4. The number of hydrogen-bond acceptors (Lipinski definition) is 2. The van der Waals surface area contributed by atoms with Gasteiger partial charge in [-0.2, -0.15) is 0 Å². The minimum absolute atomic E-state index is 0.0340. The fourth-order valence-electron chi connectivity index (χ4n) is 2.68. The van der Waals surface area contributed by atoms with Gasteiger partial charge in [-0.25, -0.2) is 0 Å². The third-order valence-corrected chi connectivity index (χ3v) is 5.36. The third kappa shape index (κ3) is 2.32. The zero-order valence-electron chi connectivity index (χ0n) is 11.3. The first-order chi connectivity index (χ1) is 9.44.